The maximum absolute atomic E-state index is 14.1. The van der Waals surface area contributed by atoms with Crippen molar-refractivity contribution >= 4 is 50.4 Å². The predicted molar refractivity (Wildman–Crippen MR) is 184 cm³/mol. The Morgan fingerprint density at radius 3 is 2.33 bits per heavy atom. The molecule has 1 saturated heterocycles. The zero-order chi connectivity index (χ0) is 35.5. The second-order valence-corrected chi connectivity index (χ2v) is 16.8. The van der Waals surface area contributed by atoms with Crippen LogP contribution in [0, 0.1) is 23.7 Å². The number of amides is 4. The number of halogens is 1. The molecule has 1 aromatic carbocycles. The molecule has 3 fully saturated rings. The van der Waals surface area contributed by atoms with Crippen LogP contribution in [0.25, 0.3) is 10.9 Å². The summed E-state index contributed by atoms with van der Waals surface area (Å²) in [6.07, 6.45) is 8.73. The standard InChI is InChI=1S/C35H50FN5O7S/c1-35(2,3)48-34(45)39-29(20-36)22-10-12-23(13-11-22)33(44)41-17-16-26(21-8-6-5-7-9-21)30(41)32(43)37-25-14-15-27-24(18-25)19-28(38-27)31(42)40-49(4,46)47/h14-15,18-19,21-23,26,29-30,38H,5-13,16-17,20H2,1-4H3,(H,37,43)(H,39,45)(H,40,42)/t22?,23?,26-,29+,30-/m0/s1. The molecule has 5 rings (SSSR count). The van der Waals surface area contributed by atoms with Crippen molar-refractivity contribution in [1.29, 1.82) is 0 Å². The molecular formula is C35H50FN5O7S. The summed E-state index contributed by atoms with van der Waals surface area (Å²) in [5.41, 5.74) is 0.480. The van der Waals surface area contributed by atoms with Crippen molar-refractivity contribution in [3.05, 3.63) is 30.0 Å². The molecular weight excluding hydrogens is 653 g/mol. The van der Waals surface area contributed by atoms with Gasteiger partial charge in [-0.15, -0.1) is 0 Å². The van der Waals surface area contributed by atoms with Gasteiger partial charge < -0.3 is 25.3 Å². The Hall–Kier alpha value is -3.68. The van der Waals surface area contributed by atoms with Gasteiger partial charge in [-0.25, -0.2) is 22.3 Å². The van der Waals surface area contributed by atoms with Crippen molar-refractivity contribution in [2.75, 3.05) is 24.8 Å². The number of ether oxygens (including phenoxy) is 1. The highest BCUT2D eigenvalue weighted by Gasteiger charge is 2.47. The molecule has 270 valence electrons. The van der Waals surface area contributed by atoms with Crippen LogP contribution in [0.1, 0.15) is 95.5 Å². The minimum absolute atomic E-state index is 0.0387. The van der Waals surface area contributed by atoms with Crippen LogP contribution in [0.5, 0.6) is 0 Å². The van der Waals surface area contributed by atoms with E-state index < -0.39 is 46.4 Å². The first-order valence-electron chi connectivity index (χ1n) is 17.4. The fourth-order valence-electron chi connectivity index (χ4n) is 7.97. The molecule has 0 spiro atoms. The van der Waals surface area contributed by atoms with Crippen molar-refractivity contribution in [2.45, 2.75) is 103 Å². The van der Waals surface area contributed by atoms with Gasteiger partial charge in [0.2, 0.25) is 21.8 Å². The number of nitrogens with one attached hydrogen (secondary N) is 4. The molecule has 4 amide bonds. The zero-order valence-electron chi connectivity index (χ0n) is 28.8. The molecule has 49 heavy (non-hydrogen) atoms. The quantitative estimate of drug-likeness (QED) is 0.276. The van der Waals surface area contributed by atoms with E-state index in [0.29, 0.717) is 54.7 Å². The molecule has 0 radical (unpaired) electrons. The van der Waals surface area contributed by atoms with E-state index >= 15 is 0 Å². The Morgan fingerprint density at radius 1 is 1.00 bits per heavy atom. The smallest absolute Gasteiger partial charge is 0.407 e. The van der Waals surface area contributed by atoms with Gasteiger partial charge in [0.1, 0.15) is 24.0 Å². The number of anilines is 1. The number of likely N-dealkylation sites (tertiary alicyclic amines) is 1. The highest BCUT2D eigenvalue weighted by molar-refractivity contribution is 7.89. The summed E-state index contributed by atoms with van der Waals surface area (Å²) >= 11 is 0. The van der Waals surface area contributed by atoms with E-state index in [0.717, 1.165) is 38.4 Å². The molecule has 3 atom stereocenters. The summed E-state index contributed by atoms with van der Waals surface area (Å²) < 4.78 is 44.3. The molecule has 2 saturated carbocycles. The van der Waals surface area contributed by atoms with Crippen LogP contribution in [0.15, 0.2) is 24.3 Å². The first-order valence-corrected chi connectivity index (χ1v) is 19.3. The van der Waals surface area contributed by atoms with E-state index in [9.17, 15) is 32.0 Å². The fourth-order valence-corrected chi connectivity index (χ4v) is 8.42. The molecule has 14 heteroatoms. The van der Waals surface area contributed by atoms with Crippen molar-refractivity contribution in [3.8, 4) is 0 Å². The van der Waals surface area contributed by atoms with E-state index in [2.05, 4.69) is 15.6 Å². The maximum atomic E-state index is 14.1. The molecule has 0 bridgehead atoms. The first-order chi connectivity index (χ1) is 23.1. The van der Waals surface area contributed by atoms with E-state index in [1.807, 2.05) is 4.72 Å². The van der Waals surface area contributed by atoms with Gasteiger partial charge in [0.15, 0.2) is 0 Å². The Labute approximate surface area is 287 Å². The molecule has 2 heterocycles. The summed E-state index contributed by atoms with van der Waals surface area (Å²) in [4.78, 5) is 57.6. The number of alkyl halides is 1. The maximum Gasteiger partial charge on any atom is 0.407 e. The first kappa shape index (κ1) is 36.6. The highest BCUT2D eigenvalue weighted by atomic mass is 32.2. The third kappa shape index (κ3) is 9.31. The monoisotopic (exact) mass is 703 g/mol. The Bertz CT molecular complexity index is 1640. The number of carbonyl (C=O) groups is 4. The molecule has 4 N–H and O–H groups in total. The second kappa shape index (κ2) is 15.1. The number of fused-ring (bicyclic) bond motifs is 1. The predicted octanol–water partition coefficient (Wildman–Crippen LogP) is 5.26. The number of carbonyl (C=O) groups excluding carboxylic acids is 4. The van der Waals surface area contributed by atoms with Crippen LogP contribution < -0.4 is 15.4 Å². The number of H-pyrrole nitrogens is 1. The van der Waals surface area contributed by atoms with Crippen LogP contribution >= 0.6 is 0 Å². The topological polar surface area (TPSA) is 167 Å². The van der Waals surface area contributed by atoms with Crippen LogP contribution in [0.4, 0.5) is 14.9 Å². The van der Waals surface area contributed by atoms with E-state index in [4.69, 9.17) is 4.74 Å². The van der Waals surface area contributed by atoms with E-state index in [-0.39, 0.29) is 35.3 Å². The lowest BCUT2D eigenvalue weighted by molar-refractivity contribution is -0.142. The average molecular weight is 704 g/mol. The summed E-state index contributed by atoms with van der Waals surface area (Å²) in [7, 11) is -3.74. The second-order valence-electron chi connectivity index (χ2n) is 15.0. The molecule has 2 aromatic rings. The SMILES string of the molecule is CC(C)(C)OC(=O)N[C@H](CF)C1CCC(C(=O)N2CC[C@@H](C3CCCCC3)[C@H]2C(=O)Nc2ccc3[nH]c(C(=O)NS(C)(=O)=O)cc3c2)CC1. The molecule has 2 aliphatic carbocycles. The third-order valence-corrected chi connectivity index (χ3v) is 10.8. The Balaban J connectivity index is 1.28. The summed E-state index contributed by atoms with van der Waals surface area (Å²) in [5.74, 6) is -1.09. The van der Waals surface area contributed by atoms with Crippen LogP contribution in [-0.2, 0) is 24.3 Å². The zero-order valence-corrected chi connectivity index (χ0v) is 29.7. The lowest BCUT2D eigenvalue weighted by Crippen LogP contribution is -2.50. The summed E-state index contributed by atoms with van der Waals surface area (Å²) in [6, 6.07) is 5.34. The third-order valence-electron chi connectivity index (χ3n) is 10.2. The molecule has 0 unspecified atom stereocenters. The van der Waals surface area contributed by atoms with Crippen molar-refractivity contribution in [1.82, 2.24) is 19.9 Å². The molecule has 3 aliphatic rings. The normalized spacial score (nSPS) is 24.3. The van der Waals surface area contributed by atoms with Crippen molar-refractivity contribution < 1.29 is 36.7 Å². The minimum Gasteiger partial charge on any atom is -0.444 e. The lowest BCUT2D eigenvalue weighted by atomic mass is 9.76. The van der Waals surface area contributed by atoms with Gasteiger partial charge in [-0.3, -0.25) is 14.4 Å². The highest BCUT2D eigenvalue weighted by Crippen LogP contribution is 2.41. The summed E-state index contributed by atoms with van der Waals surface area (Å²) in [6.45, 7) is 5.04. The van der Waals surface area contributed by atoms with Gasteiger partial charge in [-0.05, 0) is 94.9 Å². The van der Waals surface area contributed by atoms with Crippen LogP contribution in [-0.4, -0.2) is 79.3 Å². The average Bonchev–Trinajstić information content (AvgIpc) is 3.67. The molecule has 12 nitrogen and oxygen atoms in total. The number of rotatable bonds is 9. The number of aromatic nitrogens is 1. The van der Waals surface area contributed by atoms with Gasteiger partial charge in [-0.1, -0.05) is 32.1 Å². The van der Waals surface area contributed by atoms with Crippen molar-refractivity contribution in [2.24, 2.45) is 23.7 Å². The van der Waals surface area contributed by atoms with E-state index in [1.54, 1.807) is 43.9 Å². The molecule has 1 aromatic heterocycles. The number of aromatic amines is 1. The Kier molecular flexibility index (Phi) is 11.2. The molecule has 1 aliphatic heterocycles. The summed E-state index contributed by atoms with van der Waals surface area (Å²) in [5, 5.41) is 6.33. The van der Waals surface area contributed by atoms with Crippen LogP contribution in [0.2, 0.25) is 0 Å². The van der Waals surface area contributed by atoms with Crippen molar-refractivity contribution in [3.63, 3.8) is 0 Å². The Morgan fingerprint density at radius 2 is 1.69 bits per heavy atom. The van der Waals surface area contributed by atoms with E-state index in [1.165, 1.54) is 12.5 Å². The van der Waals surface area contributed by atoms with Gasteiger partial charge in [0, 0.05) is 29.1 Å². The largest absolute Gasteiger partial charge is 0.444 e. The fraction of sp³-hybridized carbons (Fsp3) is 0.657. The van der Waals surface area contributed by atoms with Gasteiger partial charge in [-0.2, -0.15) is 0 Å². The van der Waals surface area contributed by atoms with Gasteiger partial charge in [0.05, 0.1) is 12.3 Å². The lowest BCUT2D eigenvalue weighted by Gasteiger charge is -2.37. The van der Waals surface area contributed by atoms with Crippen LogP contribution in [0.3, 0.4) is 0 Å². The van der Waals surface area contributed by atoms with Gasteiger partial charge in [0.25, 0.3) is 5.91 Å². The number of sulfonamides is 1. The number of hydrogen-bond acceptors (Lipinski definition) is 7. The number of hydrogen-bond donors (Lipinski definition) is 4. The number of alkyl carbamates (subject to hydrolysis) is 1. The number of benzene rings is 1. The van der Waals surface area contributed by atoms with Gasteiger partial charge >= 0.3 is 6.09 Å². The number of nitrogens with zero attached hydrogens (tertiary/aromatic N) is 1. The minimum atomic E-state index is -3.74.